The summed E-state index contributed by atoms with van der Waals surface area (Å²) in [7, 11) is 0. The summed E-state index contributed by atoms with van der Waals surface area (Å²) in [5.41, 5.74) is 1.11. The van der Waals surface area contributed by atoms with Crippen LogP contribution in [0, 0.1) is 0 Å². The molecule has 22 heavy (non-hydrogen) atoms. The number of rotatable bonds is 4. The molecule has 1 saturated heterocycles. The maximum atomic E-state index is 12.2. The Morgan fingerprint density at radius 1 is 1.41 bits per heavy atom. The largest absolute Gasteiger partial charge is 0.463 e. The fourth-order valence-corrected chi connectivity index (χ4v) is 2.80. The van der Waals surface area contributed by atoms with Crippen LogP contribution >= 0.6 is 0 Å². The third-order valence-corrected chi connectivity index (χ3v) is 3.96. The van der Waals surface area contributed by atoms with E-state index >= 15 is 0 Å². The van der Waals surface area contributed by atoms with Gasteiger partial charge in [0.2, 0.25) is 0 Å². The molecule has 2 aliphatic heterocycles. The number of nitrogens with zero attached hydrogens (tertiary/aromatic N) is 1. The smallest absolute Gasteiger partial charge is 0.337 e. The summed E-state index contributed by atoms with van der Waals surface area (Å²) in [6.45, 7) is 9.86. The molecule has 0 aromatic heterocycles. The minimum atomic E-state index is -0.383. The Balaban J connectivity index is 2.23. The lowest BCUT2D eigenvalue weighted by atomic mass is 10.0. The van der Waals surface area contributed by atoms with Gasteiger partial charge in [0.15, 0.2) is 0 Å². The van der Waals surface area contributed by atoms with E-state index in [0.717, 1.165) is 6.54 Å². The lowest BCUT2D eigenvalue weighted by Gasteiger charge is -2.38. The zero-order valence-electron chi connectivity index (χ0n) is 13.6. The van der Waals surface area contributed by atoms with Gasteiger partial charge in [0.05, 0.1) is 30.9 Å². The van der Waals surface area contributed by atoms with Gasteiger partial charge in [0, 0.05) is 24.8 Å². The molecule has 2 heterocycles. The molecule has 0 bridgehead atoms. The zero-order chi connectivity index (χ0) is 16.3. The van der Waals surface area contributed by atoms with Crippen molar-refractivity contribution in [1.82, 2.24) is 15.5 Å². The second-order valence-corrected chi connectivity index (χ2v) is 5.86. The van der Waals surface area contributed by atoms with Crippen LogP contribution in [0.3, 0.4) is 0 Å². The van der Waals surface area contributed by atoms with E-state index in [2.05, 4.69) is 22.5 Å². The van der Waals surface area contributed by atoms with Crippen LogP contribution in [-0.4, -0.2) is 61.4 Å². The molecule has 0 radical (unpaired) electrons. The number of carbonyl (C=O) groups excluding carboxylic acids is 2. The van der Waals surface area contributed by atoms with Gasteiger partial charge in [-0.3, -0.25) is 4.90 Å². The van der Waals surface area contributed by atoms with Crippen molar-refractivity contribution in [1.29, 1.82) is 0 Å². The summed E-state index contributed by atoms with van der Waals surface area (Å²) in [5, 5.41) is 5.47. The van der Waals surface area contributed by atoms with E-state index < -0.39 is 0 Å². The molecule has 0 unspecified atom stereocenters. The molecule has 0 aromatic rings. The third-order valence-electron chi connectivity index (χ3n) is 3.96. The molecular weight excluding hydrogens is 286 g/mol. The Hall–Kier alpha value is -1.60. The van der Waals surface area contributed by atoms with Crippen molar-refractivity contribution in [2.45, 2.75) is 45.9 Å². The molecule has 3 atom stereocenters. The number of esters is 1. The second kappa shape index (κ2) is 7.11. The number of nitrogens with one attached hydrogen (secondary N) is 2. The number of hydrogen-bond acceptors (Lipinski definition) is 5. The van der Waals surface area contributed by atoms with E-state index in [1.54, 1.807) is 13.8 Å². The third kappa shape index (κ3) is 3.78. The van der Waals surface area contributed by atoms with E-state index in [-0.39, 0.29) is 30.2 Å². The Morgan fingerprint density at radius 2 is 2.14 bits per heavy atom. The van der Waals surface area contributed by atoms with E-state index in [4.69, 9.17) is 9.47 Å². The summed E-state index contributed by atoms with van der Waals surface area (Å²) in [4.78, 5) is 26.2. The van der Waals surface area contributed by atoms with Crippen molar-refractivity contribution in [2.24, 2.45) is 0 Å². The minimum Gasteiger partial charge on any atom is -0.463 e. The van der Waals surface area contributed by atoms with E-state index in [1.807, 2.05) is 6.92 Å². The summed E-state index contributed by atoms with van der Waals surface area (Å²) in [6.07, 6.45) is 0.137. The number of urea groups is 1. The van der Waals surface area contributed by atoms with Crippen LogP contribution in [0.4, 0.5) is 4.79 Å². The predicted molar refractivity (Wildman–Crippen MR) is 81.2 cm³/mol. The normalized spacial score (nSPS) is 29.8. The Morgan fingerprint density at radius 3 is 2.82 bits per heavy atom. The van der Waals surface area contributed by atoms with Crippen LogP contribution in [0.15, 0.2) is 11.3 Å². The van der Waals surface area contributed by atoms with Gasteiger partial charge >= 0.3 is 12.0 Å². The SMILES string of the molecule is CCOC(=O)C1=C(CN2C[C@H](C)OC[C@@H]2C)NC(=O)N[C@@H]1C. The molecule has 0 aromatic carbocycles. The van der Waals surface area contributed by atoms with Crippen LogP contribution in [0.2, 0.25) is 0 Å². The molecule has 0 aliphatic carbocycles. The highest BCUT2D eigenvalue weighted by atomic mass is 16.5. The van der Waals surface area contributed by atoms with Crippen LogP contribution < -0.4 is 10.6 Å². The number of amides is 2. The van der Waals surface area contributed by atoms with Crippen molar-refractivity contribution < 1.29 is 19.1 Å². The summed E-state index contributed by atoms with van der Waals surface area (Å²) in [5.74, 6) is -0.383. The highest BCUT2D eigenvalue weighted by Gasteiger charge is 2.32. The first-order chi connectivity index (χ1) is 10.4. The van der Waals surface area contributed by atoms with Crippen molar-refractivity contribution >= 4 is 12.0 Å². The number of hydrogen-bond donors (Lipinski definition) is 2. The van der Waals surface area contributed by atoms with Crippen LogP contribution in [-0.2, 0) is 14.3 Å². The van der Waals surface area contributed by atoms with Crippen LogP contribution in [0.25, 0.3) is 0 Å². The first-order valence-corrected chi connectivity index (χ1v) is 7.75. The lowest BCUT2D eigenvalue weighted by Crippen LogP contribution is -2.54. The van der Waals surface area contributed by atoms with Gasteiger partial charge in [-0.05, 0) is 27.7 Å². The van der Waals surface area contributed by atoms with Gasteiger partial charge in [0.25, 0.3) is 0 Å². The molecular formula is C15H25N3O4. The van der Waals surface area contributed by atoms with Gasteiger partial charge in [-0.25, -0.2) is 9.59 Å². The first-order valence-electron chi connectivity index (χ1n) is 7.75. The molecule has 2 aliphatic rings. The maximum Gasteiger partial charge on any atom is 0.337 e. The van der Waals surface area contributed by atoms with Crippen LogP contribution in [0.1, 0.15) is 27.7 Å². The fourth-order valence-electron chi connectivity index (χ4n) is 2.80. The van der Waals surface area contributed by atoms with Crippen molar-refractivity contribution in [3.8, 4) is 0 Å². The predicted octanol–water partition coefficient (Wildman–Crippen LogP) is 0.614. The molecule has 0 spiro atoms. The molecule has 2 N–H and O–H groups in total. The maximum absolute atomic E-state index is 12.2. The van der Waals surface area contributed by atoms with Gasteiger partial charge < -0.3 is 20.1 Å². The molecule has 7 nitrogen and oxygen atoms in total. The molecule has 0 saturated carbocycles. The van der Waals surface area contributed by atoms with Gasteiger partial charge in [-0.1, -0.05) is 0 Å². The van der Waals surface area contributed by atoms with Gasteiger partial charge in [-0.2, -0.15) is 0 Å². The standard InChI is InChI=1S/C15H25N3O4/c1-5-21-14(19)13-11(4)16-15(20)17-12(13)7-18-6-10(3)22-8-9(18)2/h9-11H,5-8H2,1-4H3,(H2,16,17,20)/t9-,10-,11+/m0/s1. The first kappa shape index (κ1) is 16.8. The number of carbonyl (C=O) groups is 2. The number of morpholine rings is 1. The topological polar surface area (TPSA) is 79.9 Å². The van der Waals surface area contributed by atoms with Gasteiger partial charge in [0.1, 0.15) is 0 Å². The minimum absolute atomic E-state index is 0.137. The highest BCUT2D eigenvalue weighted by molar-refractivity contribution is 5.94. The monoisotopic (exact) mass is 311 g/mol. The second-order valence-electron chi connectivity index (χ2n) is 5.86. The van der Waals surface area contributed by atoms with Crippen molar-refractivity contribution in [3.63, 3.8) is 0 Å². The lowest BCUT2D eigenvalue weighted by molar-refractivity contribution is -0.139. The summed E-state index contributed by atoms with van der Waals surface area (Å²) < 4.78 is 10.7. The Kier molecular flexibility index (Phi) is 5.42. The van der Waals surface area contributed by atoms with Crippen LogP contribution in [0.5, 0.6) is 0 Å². The van der Waals surface area contributed by atoms with E-state index in [1.165, 1.54) is 0 Å². The highest BCUT2D eigenvalue weighted by Crippen LogP contribution is 2.18. The summed E-state index contributed by atoms with van der Waals surface area (Å²) in [6, 6.07) is -0.421. The summed E-state index contributed by atoms with van der Waals surface area (Å²) >= 11 is 0. The van der Waals surface area contributed by atoms with E-state index in [0.29, 0.717) is 31.0 Å². The molecule has 2 rings (SSSR count). The quantitative estimate of drug-likeness (QED) is 0.744. The average molecular weight is 311 g/mol. The van der Waals surface area contributed by atoms with E-state index in [9.17, 15) is 9.59 Å². The molecule has 124 valence electrons. The van der Waals surface area contributed by atoms with Crippen molar-refractivity contribution in [2.75, 3.05) is 26.3 Å². The fraction of sp³-hybridized carbons (Fsp3) is 0.733. The Labute approximate surface area is 131 Å². The Bertz CT molecular complexity index is 477. The zero-order valence-corrected chi connectivity index (χ0v) is 13.6. The molecule has 1 fully saturated rings. The van der Waals surface area contributed by atoms with Crippen molar-refractivity contribution in [3.05, 3.63) is 11.3 Å². The van der Waals surface area contributed by atoms with Gasteiger partial charge in [-0.15, -0.1) is 0 Å². The average Bonchev–Trinajstić information content (AvgIpc) is 2.42. The molecule has 7 heteroatoms. The molecule has 2 amide bonds. The number of ether oxygens (including phenoxy) is 2.